The van der Waals surface area contributed by atoms with Gasteiger partial charge >= 0.3 is 0 Å². The summed E-state index contributed by atoms with van der Waals surface area (Å²) in [5.41, 5.74) is 0. The van der Waals surface area contributed by atoms with Crippen molar-refractivity contribution in [1.82, 2.24) is 5.32 Å². The van der Waals surface area contributed by atoms with Crippen molar-refractivity contribution in [3.8, 4) is 5.75 Å². The Bertz CT molecular complexity index is 422. The van der Waals surface area contributed by atoms with Gasteiger partial charge in [0.25, 0.3) is 5.91 Å². The second-order valence-corrected chi connectivity index (χ2v) is 5.51. The Hall–Kier alpha value is -0.930. The number of ether oxygens (including phenoxy) is 1. The normalized spacial score (nSPS) is 22.2. The molecule has 1 aromatic rings. The number of benzene rings is 1. The third-order valence-corrected chi connectivity index (χ3v) is 4.04. The fraction of sp³-hybridized carbons (Fsp3) is 0.500. The van der Waals surface area contributed by atoms with E-state index in [1.165, 1.54) is 0 Å². The quantitative estimate of drug-likeness (QED) is 0.848. The zero-order valence-electron chi connectivity index (χ0n) is 10.6. The summed E-state index contributed by atoms with van der Waals surface area (Å²) in [7, 11) is 0. The van der Waals surface area contributed by atoms with E-state index in [4.69, 9.17) is 27.9 Å². The minimum Gasteiger partial charge on any atom is -0.484 e. The third-order valence-electron chi connectivity index (χ3n) is 3.39. The predicted octanol–water partition coefficient (Wildman–Crippen LogP) is 3.24. The molecule has 0 bridgehead atoms. The van der Waals surface area contributed by atoms with E-state index >= 15 is 0 Å². The maximum Gasteiger partial charge on any atom is 0.258 e. The maximum absolute atomic E-state index is 11.8. The van der Waals surface area contributed by atoms with Crippen LogP contribution in [0.4, 0.5) is 0 Å². The highest BCUT2D eigenvalue weighted by Crippen LogP contribution is 2.26. The number of rotatable bonds is 5. The average Bonchev–Trinajstić information content (AvgIpc) is 2.85. The van der Waals surface area contributed by atoms with Gasteiger partial charge in [-0.25, -0.2) is 0 Å². The van der Waals surface area contributed by atoms with Gasteiger partial charge in [0.1, 0.15) is 5.75 Å². The molecular weight excluding hydrogens is 285 g/mol. The topological polar surface area (TPSA) is 38.3 Å². The van der Waals surface area contributed by atoms with Crippen LogP contribution in [0.5, 0.6) is 5.75 Å². The summed E-state index contributed by atoms with van der Waals surface area (Å²) in [6, 6.07) is 7.14. The fourth-order valence-electron chi connectivity index (χ4n) is 2.34. The summed E-state index contributed by atoms with van der Waals surface area (Å²) in [6.45, 7) is 0.0210. The van der Waals surface area contributed by atoms with Crippen LogP contribution in [-0.4, -0.2) is 24.4 Å². The van der Waals surface area contributed by atoms with Crippen LogP contribution < -0.4 is 10.1 Å². The lowest BCUT2D eigenvalue weighted by atomic mass is 10.1. The van der Waals surface area contributed by atoms with E-state index in [-0.39, 0.29) is 18.6 Å². The van der Waals surface area contributed by atoms with Crippen LogP contribution in [0.25, 0.3) is 0 Å². The zero-order chi connectivity index (χ0) is 13.7. The van der Waals surface area contributed by atoms with Crippen LogP contribution in [0.1, 0.15) is 19.3 Å². The van der Waals surface area contributed by atoms with Crippen molar-refractivity contribution >= 4 is 29.1 Å². The molecule has 19 heavy (non-hydrogen) atoms. The molecule has 0 aliphatic heterocycles. The summed E-state index contributed by atoms with van der Waals surface area (Å²) in [6.07, 6.45) is 3.22. The molecule has 2 unspecified atom stereocenters. The molecule has 2 rings (SSSR count). The Kier molecular flexibility index (Phi) is 5.34. The van der Waals surface area contributed by atoms with Gasteiger partial charge in [-0.3, -0.25) is 4.79 Å². The van der Waals surface area contributed by atoms with E-state index in [1.807, 2.05) is 0 Å². The van der Waals surface area contributed by atoms with E-state index in [1.54, 1.807) is 24.3 Å². The largest absolute Gasteiger partial charge is 0.484 e. The molecule has 104 valence electrons. The Morgan fingerprint density at radius 3 is 2.74 bits per heavy atom. The fourth-order valence-corrected chi connectivity index (χ4v) is 2.84. The molecule has 1 amide bonds. The van der Waals surface area contributed by atoms with E-state index < -0.39 is 0 Å². The second kappa shape index (κ2) is 7.01. The van der Waals surface area contributed by atoms with Gasteiger partial charge in [-0.15, -0.1) is 11.6 Å². The molecule has 1 aliphatic carbocycles. The SMILES string of the molecule is O=C(COc1ccc(Cl)cc1)NC1CCCC1CCl. The number of amides is 1. The highest BCUT2D eigenvalue weighted by atomic mass is 35.5. The molecule has 1 fully saturated rings. The highest BCUT2D eigenvalue weighted by molar-refractivity contribution is 6.30. The van der Waals surface area contributed by atoms with E-state index in [0.717, 1.165) is 19.3 Å². The van der Waals surface area contributed by atoms with Gasteiger partial charge in [-0.2, -0.15) is 0 Å². The summed E-state index contributed by atoms with van der Waals surface area (Å²) >= 11 is 11.7. The number of halogens is 2. The molecule has 1 aliphatic rings. The van der Waals surface area contributed by atoms with Crippen LogP contribution in [0.2, 0.25) is 5.02 Å². The first-order chi connectivity index (χ1) is 9.19. The molecule has 0 saturated heterocycles. The number of hydrogen-bond acceptors (Lipinski definition) is 2. The van der Waals surface area contributed by atoms with Crippen LogP contribution in [0, 0.1) is 5.92 Å². The van der Waals surface area contributed by atoms with E-state index in [2.05, 4.69) is 5.32 Å². The minimum atomic E-state index is -0.100. The summed E-state index contributed by atoms with van der Waals surface area (Å²) in [5, 5.41) is 3.63. The van der Waals surface area contributed by atoms with Crippen molar-refractivity contribution in [2.24, 2.45) is 5.92 Å². The first kappa shape index (κ1) is 14.5. The monoisotopic (exact) mass is 301 g/mol. The van der Waals surface area contributed by atoms with Gasteiger partial charge in [0, 0.05) is 16.9 Å². The lowest BCUT2D eigenvalue weighted by Crippen LogP contribution is -2.40. The molecule has 1 N–H and O–H groups in total. The van der Waals surface area contributed by atoms with Crippen LogP contribution in [-0.2, 0) is 4.79 Å². The van der Waals surface area contributed by atoms with Gasteiger partial charge in [0.2, 0.25) is 0 Å². The van der Waals surface area contributed by atoms with Gasteiger partial charge in [0.05, 0.1) is 0 Å². The van der Waals surface area contributed by atoms with Crippen LogP contribution in [0.15, 0.2) is 24.3 Å². The van der Waals surface area contributed by atoms with Crippen molar-refractivity contribution in [3.05, 3.63) is 29.3 Å². The Morgan fingerprint density at radius 2 is 2.05 bits per heavy atom. The molecule has 0 aromatic heterocycles. The second-order valence-electron chi connectivity index (χ2n) is 4.76. The zero-order valence-corrected chi connectivity index (χ0v) is 12.1. The smallest absolute Gasteiger partial charge is 0.258 e. The van der Waals surface area contributed by atoms with Crippen molar-refractivity contribution < 1.29 is 9.53 Å². The highest BCUT2D eigenvalue weighted by Gasteiger charge is 2.27. The summed E-state index contributed by atoms with van der Waals surface area (Å²) < 4.78 is 5.40. The number of carbonyl (C=O) groups is 1. The van der Waals surface area contributed by atoms with Crippen LogP contribution in [0.3, 0.4) is 0 Å². The molecule has 5 heteroatoms. The first-order valence-electron chi connectivity index (χ1n) is 6.42. The first-order valence-corrected chi connectivity index (χ1v) is 7.34. The van der Waals surface area contributed by atoms with Gasteiger partial charge in [0.15, 0.2) is 6.61 Å². The van der Waals surface area contributed by atoms with Crippen molar-refractivity contribution in [3.63, 3.8) is 0 Å². The molecule has 0 heterocycles. The molecule has 1 aromatic carbocycles. The average molecular weight is 302 g/mol. The lowest BCUT2D eigenvalue weighted by molar-refractivity contribution is -0.124. The molecule has 1 saturated carbocycles. The van der Waals surface area contributed by atoms with Crippen molar-refractivity contribution in [2.45, 2.75) is 25.3 Å². The minimum absolute atomic E-state index is 0.0210. The molecule has 0 radical (unpaired) electrons. The molecule has 2 atom stereocenters. The summed E-state index contributed by atoms with van der Waals surface area (Å²) in [5.74, 6) is 1.53. The number of hydrogen-bond donors (Lipinski definition) is 1. The predicted molar refractivity (Wildman–Crippen MR) is 76.9 cm³/mol. The maximum atomic E-state index is 11.8. The van der Waals surface area contributed by atoms with E-state index in [9.17, 15) is 4.79 Å². The van der Waals surface area contributed by atoms with Crippen LogP contribution >= 0.6 is 23.2 Å². The standard InChI is InChI=1S/C14H17Cl2NO2/c15-8-10-2-1-3-13(10)17-14(18)9-19-12-6-4-11(16)5-7-12/h4-7,10,13H,1-3,8-9H2,(H,17,18). The Balaban J connectivity index is 1.77. The Labute approximate surface area is 123 Å². The lowest BCUT2D eigenvalue weighted by Gasteiger charge is -2.18. The van der Waals surface area contributed by atoms with Crippen molar-refractivity contribution in [1.29, 1.82) is 0 Å². The molecule has 0 spiro atoms. The number of alkyl halides is 1. The molecular formula is C14H17Cl2NO2. The van der Waals surface area contributed by atoms with Gasteiger partial charge in [-0.05, 0) is 43.0 Å². The number of carbonyl (C=O) groups excluding carboxylic acids is 1. The summed E-state index contributed by atoms with van der Waals surface area (Å²) in [4.78, 5) is 11.8. The van der Waals surface area contributed by atoms with Crippen molar-refractivity contribution in [2.75, 3.05) is 12.5 Å². The number of nitrogens with one attached hydrogen (secondary N) is 1. The Morgan fingerprint density at radius 1 is 1.32 bits per heavy atom. The molecule has 3 nitrogen and oxygen atoms in total. The third kappa shape index (κ3) is 4.29. The van der Waals surface area contributed by atoms with Gasteiger partial charge in [-0.1, -0.05) is 18.0 Å². The van der Waals surface area contributed by atoms with E-state index in [0.29, 0.717) is 22.6 Å². The van der Waals surface area contributed by atoms with Gasteiger partial charge < -0.3 is 10.1 Å².